The highest BCUT2D eigenvalue weighted by Crippen LogP contribution is 2.18. The molecule has 3 N–H and O–H groups in total. The van der Waals surface area contributed by atoms with Crippen molar-refractivity contribution in [2.75, 3.05) is 12.4 Å². The maximum atomic E-state index is 5.57. The number of methoxy groups -OCH3 is 1. The van der Waals surface area contributed by atoms with Crippen LogP contribution in [0.3, 0.4) is 0 Å². The van der Waals surface area contributed by atoms with Crippen molar-refractivity contribution in [2.24, 2.45) is 5.73 Å². The van der Waals surface area contributed by atoms with Crippen LogP contribution in [0.4, 0.5) is 11.4 Å². The summed E-state index contributed by atoms with van der Waals surface area (Å²) in [6.07, 6.45) is 0. The minimum Gasteiger partial charge on any atom is -0.389 e. The summed E-state index contributed by atoms with van der Waals surface area (Å²) in [4.78, 5) is 0.411. The van der Waals surface area contributed by atoms with E-state index >= 15 is 0 Å². The minimum absolute atomic E-state index is 0.411. The molecular weight excluding hydrogens is 256 g/mol. The molecule has 0 saturated heterocycles. The van der Waals surface area contributed by atoms with Crippen LogP contribution in [0.25, 0.3) is 0 Å². The SMILES string of the molecule is COCc1cccc(Nc2ccc(C(N)=S)cc2)c1. The highest BCUT2D eigenvalue weighted by atomic mass is 32.1. The largest absolute Gasteiger partial charge is 0.389 e. The van der Waals surface area contributed by atoms with Crippen molar-refractivity contribution >= 4 is 28.6 Å². The summed E-state index contributed by atoms with van der Waals surface area (Å²) in [7, 11) is 1.69. The Morgan fingerprint density at radius 3 is 2.53 bits per heavy atom. The molecule has 2 aromatic rings. The fourth-order valence-corrected chi connectivity index (χ4v) is 1.93. The quantitative estimate of drug-likeness (QED) is 0.821. The second-order valence-corrected chi connectivity index (χ2v) is 4.64. The van der Waals surface area contributed by atoms with Crippen LogP contribution in [-0.4, -0.2) is 12.1 Å². The van der Waals surface area contributed by atoms with Crippen LogP contribution in [0.1, 0.15) is 11.1 Å². The first-order valence-corrected chi connectivity index (χ1v) is 6.34. The molecule has 4 heteroatoms. The summed E-state index contributed by atoms with van der Waals surface area (Å²) in [5, 5.41) is 3.33. The number of nitrogens with two attached hydrogens (primary N) is 1. The van der Waals surface area contributed by atoms with Gasteiger partial charge in [-0.2, -0.15) is 0 Å². The van der Waals surface area contributed by atoms with Gasteiger partial charge in [-0.1, -0.05) is 24.4 Å². The molecule has 0 radical (unpaired) electrons. The van der Waals surface area contributed by atoms with Crippen molar-refractivity contribution in [3.63, 3.8) is 0 Å². The van der Waals surface area contributed by atoms with Gasteiger partial charge in [-0.05, 0) is 42.0 Å². The van der Waals surface area contributed by atoms with Gasteiger partial charge < -0.3 is 15.8 Å². The van der Waals surface area contributed by atoms with E-state index in [1.807, 2.05) is 42.5 Å². The van der Waals surface area contributed by atoms with Gasteiger partial charge in [0, 0.05) is 24.0 Å². The zero-order valence-corrected chi connectivity index (χ0v) is 11.5. The van der Waals surface area contributed by atoms with Gasteiger partial charge in [0.05, 0.1) is 6.61 Å². The van der Waals surface area contributed by atoms with E-state index in [2.05, 4.69) is 11.4 Å². The van der Waals surface area contributed by atoms with Gasteiger partial charge >= 0.3 is 0 Å². The van der Waals surface area contributed by atoms with Crippen molar-refractivity contribution in [3.8, 4) is 0 Å². The average Bonchev–Trinajstić information content (AvgIpc) is 2.40. The molecule has 0 atom stereocenters. The topological polar surface area (TPSA) is 47.3 Å². The molecule has 0 bridgehead atoms. The number of benzene rings is 2. The monoisotopic (exact) mass is 272 g/mol. The smallest absolute Gasteiger partial charge is 0.103 e. The first-order valence-electron chi connectivity index (χ1n) is 5.94. The van der Waals surface area contributed by atoms with E-state index in [-0.39, 0.29) is 0 Å². The molecule has 0 aliphatic heterocycles. The van der Waals surface area contributed by atoms with E-state index in [0.29, 0.717) is 11.6 Å². The van der Waals surface area contributed by atoms with Crippen LogP contribution in [0.5, 0.6) is 0 Å². The van der Waals surface area contributed by atoms with Gasteiger partial charge in [-0.3, -0.25) is 0 Å². The first kappa shape index (κ1) is 13.5. The molecule has 0 unspecified atom stereocenters. The van der Waals surface area contributed by atoms with Crippen LogP contribution in [0, 0.1) is 0 Å². The Morgan fingerprint density at radius 2 is 1.89 bits per heavy atom. The lowest BCUT2D eigenvalue weighted by molar-refractivity contribution is 0.185. The maximum absolute atomic E-state index is 5.57. The molecule has 3 nitrogen and oxygen atoms in total. The molecule has 0 aliphatic rings. The normalized spacial score (nSPS) is 10.2. The zero-order chi connectivity index (χ0) is 13.7. The van der Waals surface area contributed by atoms with E-state index in [4.69, 9.17) is 22.7 Å². The summed E-state index contributed by atoms with van der Waals surface area (Å²) in [6.45, 7) is 0.607. The molecule has 98 valence electrons. The second kappa shape index (κ2) is 6.31. The van der Waals surface area contributed by atoms with Gasteiger partial charge in [-0.25, -0.2) is 0 Å². The van der Waals surface area contributed by atoms with Crippen LogP contribution < -0.4 is 11.1 Å². The summed E-state index contributed by atoms with van der Waals surface area (Å²) in [5.41, 5.74) is 9.59. The molecule has 0 spiro atoms. The lowest BCUT2D eigenvalue weighted by atomic mass is 10.2. The third-order valence-corrected chi connectivity index (χ3v) is 2.93. The number of anilines is 2. The predicted molar refractivity (Wildman–Crippen MR) is 82.8 cm³/mol. The number of hydrogen-bond donors (Lipinski definition) is 2. The molecule has 19 heavy (non-hydrogen) atoms. The number of ether oxygens (including phenoxy) is 1. The Morgan fingerprint density at radius 1 is 1.16 bits per heavy atom. The molecular formula is C15H16N2OS. The third kappa shape index (κ3) is 3.77. The zero-order valence-electron chi connectivity index (χ0n) is 10.7. The first-order chi connectivity index (χ1) is 9.19. The number of nitrogens with one attached hydrogen (secondary N) is 1. The number of hydrogen-bond acceptors (Lipinski definition) is 3. The molecule has 0 fully saturated rings. The molecule has 0 saturated carbocycles. The van der Waals surface area contributed by atoms with E-state index in [1.165, 1.54) is 0 Å². The van der Waals surface area contributed by atoms with Crippen LogP contribution >= 0.6 is 12.2 Å². The van der Waals surface area contributed by atoms with Gasteiger partial charge in [-0.15, -0.1) is 0 Å². The van der Waals surface area contributed by atoms with E-state index < -0.39 is 0 Å². The fraction of sp³-hybridized carbons (Fsp3) is 0.133. The fourth-order valence-electron chi connectivity index (χ4n) is 1.79. The van der Waals surface area contributed by atoms with Crippen LogP contribution in [0.15, 0.2) is 48.5 Å². The molecule has 2 aromatic carbocycles. The van der Waals surface area contributed by atoms with Crippen LogP contribution in [0.2, 0.25) is 0 Å². The number of rotatable bonds is 5. The Kier molecular flexibility index (Phi) is 4.49. The average molecular weight is 272 g/mol. The summed E-state index contributed by atoms with van der Waals surface area (Å²) < 4.78 is 5.12. The summed E-state index contributed by atoms with van der Waals surface area (Å²) in [6, 6.07) is 15.8. The second-order valence-electron chi connectivity index (χ2n) is 4.20. The van der Waals surface area contributed by atoms with E-state index in [9.17, 15) is 0 Å². The highest BCUT2D eigenvalue weighted by molar-refractivity contribution is 7.80. The Bertz CT molecular complexity index is 567. The summed E-state index contributed by atoms with van der Waals surface area (Å²) in [5.74, 6) is 0. The van der Waals surface area contributed by atoms with Crippen LogP contribution in [-0.2, 0) is 11.3 Å². The molecule has 0 aliphatic carbocycles. The van der Waals surface area contributed by atoms with Crippen molar-refractivity contribution in [2.45, 2.75) is 6.61 Å². The van der Waals surface area contributed by atoms with Crippen molar-refractivity contribution in [3.05, 3.63) is 59.7 Å². The van der Waals surface area contributed by atoms with Crippen molar-refractivity contribution < 1.29 is 4.74 Å². The van der Waals surface area contributed by atoms with E-state index in [0.717, 1.165) is 22.5 Å². The number of thiocarbonyl (C=S) groups is 1. The molecule has 0 aromatic heterocycles. The lowest BCUT2D eigenvalue weighted by Gasteiger charge is -2.09. The lowest BCUT2D eigenvalue weighted by Crippen LogP contribution is -2.08. The highest BCUT2D eigenvalue weighted by Gasteiger charge is 1.99. The predicted octanol–water partition coefficient (Wildman–Crippen LogP) is 3.21. The Hall–Kier alpha value is -1.91. The van der Waals surface area contributed by atoms with Crippen molar-refractivity contribution in [1.29, 1.82) is 0 Å². The Balaban J connectivity index is 2.12. The van der Waals surface area contributed by atoms with Gasteiger partial charge in [0.15, 0.2) is 0 Å². The van der Waals surface area contributed by atoms with E-state index in [1.54, 1.807) is 7.11 Å². The molecule has 0 heterocycles. The standard InChI is InChI=1S/C15H16N2OS/c1-18-10-11-3-2-4-14(9-11)17-13-7-5-12(6-8-13)15(16)19/h2-9,17H,10H2,1H3,(H2,16,19). The maximum Gasteiger partial charge on any atom is 0.103 e. The molecule has 0 amide bonds. The molecule has 2 rings (SSSR count). The van der Waals surface area contributed by atoms with Gasteiger partial charge in [0.2, 0.25) is 0 Å². The van der Waals surface area contributed by atoms with Gasteiger partial charge in [0.25, 0.3) is 0 Å². The summed E-state index contributed by atoms with van der Waals surface area (Å²) >= 11 is 4.92. The third-order valence-electron chi connectivity index (χ3n) is 2.70. The Labute approximate surface area is 118 Å². The van der Waals surface area contributed by atoms with Crippen molar-refractivity contribution in [1.82, 2.24) is 0 Å². The van der Waals surface area contributed by atoms with Gasteiger partial charge in [0.1, 0.15) is 4.99 Å². The minimum atomic E-state index is 0.411.